The number of nitrogens with zero attached hydrogens (tertiary/aromatic N) is 4. The van der Waals surface area contributed by atoms with Gasteiger partial charge in [0.2, 0.25) is 0 Å². The van der Waals surface area contributed by atoms with Gasteiger partial charge in [-0.25, -0.2) is 9.48 Å². The molecule has 0 spiro atoms. The highest BCUT2D eigenvalue weighted by molar-refractivity contribution is 7.98. The average molecular weight is 298 g/mol. The Labute approximate surface area is 118 Å². The maximum Gasteiger partial charge on any atom is 0.328 e. The summed E-state index contributed by atoms with van der Waals surface area (Å²) < 4.78 is 1.43. The molecular weight excluding hydrogens is 284 g/mol. The lowest BCUT2D eigenvalue weighted by atomic mass is 10.2. The van der Waals surface area contributed by atoms with Crippen molar-refractivity contribution in [2.24, 2.45) is 0 Å². The molecular formula is C11H14N4O2S2. The van der Waals surface area contributed by atoms with E-state index in [4.69, 9.17) is 0 Å². The van der Waals surface area contributed by atoms with Gasteiger partial charge >= 0.3 is 5.97 Å². The Morgan fingerprint density at radius 1 is 1.63 bits per heavy atom. The smallest absolute Gasteiger partial charge is 0.328 e. The minimum Gasteiger partial charge on any atom is -0.480 e. The monoisotopic (exact) mass is 298 g/mol. The van der Waals surface area contributed by atoms with Gasteiger partial charge in [0, 0.05) is 11.3 Å². The molecule has 0 fully saturated rings. The molecule has 1 unspecified atom stereocenters. The number of rotatable bonds is 7. The summed E-state index contributed by atoms with van der Waals surface area (Å²) in [6.07, 6.45) is 3.03. The van der Waals surface area contributed by atoms with E-state index in [-0.39, 0.29) is 0 Å². The largest absolute Gasteiger partial charge is 0.480 e. The fraction of sp³-hybridized carbons (Fsp3) is 0.455. The zero-order chi connectivity index (χ0) is 13.7. The number of carboxylic acids is 1. The SMILES string of the molecule is CSCCC(C(=O)O)n1nnnc1Cc1cccs1. The summed E-state index contributed by atoms with van der Waals surface area (Å²) in [7, 11) is 0. The molecule has 0 saturated carbocycles. The third-order valence-corrected chi connectivity index (χ3v) is 4.17. The fourth-order valence-electron chi connectivity index (χ4n) is 1.72. The van der Waals surface area contributed by atoms with Crippen molar-refractivity contribution in [3.05, 3.63) is 28.2 Å². The average Bonchev–Trinajstić information content (AvgIpc) is 3.02. The minimum atomic E-state index is -0.895. The molecule has 1 atom stereocenters. The molecule has 0 radical (unpaired) electrons. The second-order valence-electron chi connectivity index (χ2n) is 3.93. The molecule has 2 aromatic heterocycles. The van der Waals surface area contributed by atoms with E-state index in [1.807, 2.05) is 23.8 Å². The molecule has 2 heterocycles. The zero-order valence-corrected chi connectivity index (χ0v) is 12.0. The van der Waals surface area contributed by atoms with E-state index in [2.05, 4.69) is 15.5 Å². The number of hydrogen-bond acceptors (Lipinski definition) is 6. The lowest BCUT2D eigenvalue weighted by molar-refractivity contribution is -0.141. The molecule has 0 aliphatic heterocycles. The molecule has 102 valence electrons. The van der Waals surface area contributed by atoms with Crippen LogP contribution in [0.3, 0.4) is 0 Å². The number of carboxylic acid groups (broad SMARTS) is 1. The van der Waals surface area contributed by atoms with Crippen molar-refractivity contribution < 1.29 is 9.90 Å². The van der Waals surface area contributed by atoms with Crippen LogP contribution in [0, 0.1) is 0 Å². The van der Waals surface area contributed by atoms with Gasteiger partial charge in [-0.05, 0) is 40.3 Å². The Kier molecular flexibility index (Phi) is 4.92. The summed E-state index contributed by atoms with van der Waals surface area (Å²) in [5.41, 5.74) is 0. The molecule has 2 rings (SSSR count). The number of aliphatic carboxylic acids is 1. The van der Waals surface area contributed by atoms with Gasteiger partial charge in [-0.15, -0.1) is 16.4 Å². The quantitative estimate of drug-likeness (QED) is 0.838. The molecule has 6 nitrogen and oxygen atoms in total. The minimum absolute atomic E-state index is 0.513. The van der Waals surface area contributed by atoms with Crippen LogP contribution >= 0.6 is 23.1 Å². The van der Waals surface area contributed by atoms with E-state index in [0.717, 1.165) is 10.6 Å². The summed E-state index contributed by atoms with van der Waals surface area (Å²) in [5.74, 6) is 0.458. The number of aromatic nitrogens is 4. The molecule has 0 amide bonds. The molecule has 0 aliphatic carbocycles. The van der Waals surface area contributed by atoms with Gasteiger partial charge in [-0.3, -0.25) is 0 Å². The summed E-state index contributed by atoms with van der Waals surface area (Å²) in [6.45, 7) is 0. The number of thioether (sulfide) groups is 1. The van der Waals surface area contributed by atoms with Crippen LogP contribution in [-0.2, 0) is 11.2 Å². The van der Waals surface area contributed by atoms with Crippen LogP contribution in [0.25, 0.3) is 0 Å². The first kappa shape index (κ1) is 14.0. The fourth-order valence-corrected chi connectivity index (χ4v) is 2.88. The van der Waals surface area contributed by atoms with Gasteiger partial charge in [0.1, 0.15) is 0 Å². The summed E-state index contributed by atoms with van der Waals surface area (Å²) in [4.78, 5) is 12.5. The molecule has 0 aromatic carbocycles. The highest BCUT2D eigenvalue weighted by Gasteiger charge is 2.24. The second-order valence-corrected chi connectivity index (χ2v) is 5.95. The Bertz CT molecular complexity index is 527. The van der Waals surface area contributed by atoms with Crippen LogP contribution in [0.4, 0.5) is 0 Å². The van der Waals surface area contributed by atoms with E-state index in [9.17, 15) is 9.90 Å². The first-order valence-corrected chi connectivity index (χ1v) is 8.00. The van der Waals surface area contributed by atoms with Gasteiger partial charge in [0.15, 0.2) is 11.9 Å². The van der Waals surface area contributed by atoms with Crippen LogP contribution < -0.4 is 0 Å². The van der Waals surface area contributed by atoms with Crippen LogP contribution in [0.15, 0.2) is 17.5 Å². The Morgan fingerprint density at radius 2 is 2.47 bits per heavy atom. The third kappa shape index (κ3) is 3.54. The lowest BCUT2D eigenvalue weighted by Gasteiger charge is -2.13. The molecule has 8 heteroatoms. The third-order valence-electron chi connectivity index (χ3n) is 2.65. The molecule has 1 N–H and O–H groups in total. The van der Waals surface area contributed by atoms with Gasteiger partial charge in [0.05, 0.1) is 0 Å². The Balaban J connectivity index is 2.18. The number of hydrogen-bond donors (Lipinski definition) is 1. The van der Waals surface area contributed by atoms with Crippen molar-refractivity contribution in [1.29, 1.82) is 0 Å². The maximum atomic E-state index is 11.3. The summed E-state index contributed by atoms with van der Waals surface area (Å²) in [5, 5.41) is 22.7. The van der Waals surface area contributed by atoms with Crippen molar-refractivity contribution in [2.45, 2.75) is 18.9 Å². The van der Waals surface area contributed by atoms with Crippen molar-refractivity contribution in [3.8, 4) is 0 Å². The normalized spacial score (nSPS) is 12.5. The van der Waals surface area contributed by atoms with Crippen LogP contribution in [0.1, 0.15) is 23.2 Å². The summed E-state index contributed by atoms with van der Waals surface area (Å²) in [6, 6.07) is 3.25. The first-order valence-electron chi connectivity index (χ1n) is 5.73. The molecule has 0 bridgehead atoms. The van der Waals surface area contributed by atoms with Crippen molar-refractivity contribution in [1.82, 2.24) is 20.2 Å². The van der Waals surface area contributed by atoms with Crippen LogP contribution in [-0.4, -0.2) is 43.3 Å². The predicted molar refractivity (Wildman–Crippen MR) is 74.6 cm³/mol. The topological polar surface area (TPSA) is 80.9 Å². The van der Waals surface area contributed by atoms with Crippen LogP contribution in [0.2, 0.25) is 0 Å². The molecule has 2 aromatic rings. The van der Waals surface area contributed by atoms with Gasteiger partial charge < -0.3 is 5.11 Å². The predicted octanol–water partition coefficient (Wildman–Crippen LogP) is 1.70. The standard InChI is InChI=1S/C11H14N4O2S2/c1-18-6-4-9(11(16)17)15-10(12-13-14-15)7-8-3-2-5-19-8/h2-3,5,9H,4,6-7H2,1H3,(H,16,17). The molecule has 0 aliphatic rings. The van der Waals surface area contributed by atoms with Crippen molar-refractivity contribution in [3.63, 3.8) is 0 Å². The van der Waals surface area contributed by atoms with Gasteiger partial charge in [0.25, 0.3) is 0 Å². The van der Waals surface area contributed by atoms with E-state index in [0.29, 0.717) is 18.7 Å². The lowest BCUT2D eigenvalue weighted by Crippen LogP contribution is -2.23. The number of carbonyl (C=O) groups is 1. The van der Waals surface area contributed by atoms with Crippen molar-refractivity contribution >= 4 is 29.1 Å². The van der Waals surface area contributed by atoms with Gasteiger partial charge in [-0.1, -0.05) is 6.07 Å². The van der Waals surface area contributed by atoms with Gasteiger partial charge in [-0.2, -0.15) is 11.8 Å². The highest BCUT2D eigenvalue weighted by atomic mass is 32.2. The molecule has 19 heavy (non-hydrogen) atoms. The van der Waals surface area contributed by atoms with E-state index < -0.39 is 12.0 Å². The maximum absolute atomic E-state index is 11.3. The first-order chi connectivity index (χ1) is 9.22. The Hall–Kier alpha value is -1.41. The Morgan fingerprint density at radius 3 is 3.11 bits per heavy atom. The number of tetrazole rings is 1. The highest BCUT2D eigenvalue weighted by Crippen LogP contribution is 2.18. The van der Waals surface area contributed by atoms with Crippen LogP contribution in [0.5, 0.6) is 0 Å². The zero-order valence-electron chi connectivity index (χ0n) is 10.4. The van der Waals surface area contributed by atoms with Crippen molar-refractivity contribution in [2.75, 3.05) is 12.0 Å². The summed E-state index contributed by atoms with van der Waals surface area (Å²) >= 11 is 3.22. The second kappa shape index (κ2) is 6.67. The van der Waals surface area contributed by atoms with E-state index in [1.165, 1.54) is 4.68 Å². The van der Waals surface area contributed by atoms with E-state index in [1.54, 1.807) is 23.1 Å². The number of thiophene rings is 1. The molecule has 0 saturated heterocycles. The van der Waals surface area contributed by atoms with E-state index >= 15 is 0 Å².